The molecule has 1 aliphatic rings. The molecule has 3 nitrogen and oxygen atoms in total. The van der Waals surface area contributed by atoms with Crippen LogP contribution >= 0.6 is 7.14 Å². The van der Waals surface area contributed by atoms with E-state index in [-0.39, 0.29) is 18.0 Å². The molecular weight excluding hydrogens is 307 g/mol. The second-order valence-electron chi connectivity index (χ2n) is 5.87. The maximum absolute atomic E-state index is 14.1. The molecule has 0 fully saturated rings. The molecule has 3 rings (SSSR count). The van der Waals surface area contributed by atoms with E-state index in [1.165, 1.54) is 0 Å². The number of rotatable bonds is 5. The molecular formula is C19H19O3P. The van der Waals surface area contributed by atoms with Crippen LogP contribution < -0.4 is 10.6 Å². The topological polar surface area (TPSA) is 54.4 Å². The van der Waals surface area contributed by atoms with Crippen molar-refractivity contribution in [2.24, 2.45) is 5.92 Å². The minimum Gasteiger partial charge on any atom is -0.481 e. The van der Waals surface area contributed by atoms with Gasteiger partial charge in [-0.05, 0) is 12.3 Å². The molecule has 0 saturated carbocycles. The van der Waals surface area contributed by atoms with Crippen LogP contribution in [0.15, 0.2) is 72.8 Å². The van der Waals surface area contributed by atoms with Gasteiger partial charge in [0.2, 0.25) is 0 Å². The highest BCUT2D eigenvalue weighted by atomic mass is 31.2. The monoisotopic (exact) mass is 326 g/mol. The Labute approximate surface area is 136 Å². The third kappa shape index (κ3) is 3.16. The lowest BCUT2D eigenvalue weighted by molar-refractivity contribution is -0.137. The number of hydrogen-bond acceptors (Lipinski definition) is 2. The average molecular weight is 326 g/mol. The van der Waals surface area contributed by atoms with Crippen molar-refractivity contribution in [3.05, 3.63) is 72.8 Å². The standard InChI is InChI=1S/C19H19O3P/c20-19(21)14-15-11-12-18(13-15)23(22,16-7-3-1-4-8-16)17-9-5-2-6-10-17/h1-12,15,18H,13-14H2,(H,20,21). The maximum Gasteiger partial charge on any atom is 0.303 e. The van der Waals surface area contributed by atoms with Gasteiger partial charge >= 0.3 is 5.97 Å². The number of hydrogen-bond donors (Lipinski definition) is 1. The lowest BCUT2D eigenvalue weighted by Crippen LogP contribution is -2.24. The minimum atomic E-state index is -2.83. The summed E-state index contributed by atoms with van der Waals surface area (Å²) < 4.78 is 14.1. The van der Waals surface area contributed by atoms with E-state index in [4.69, 9.17) is 5.11 Å². The molecule has 1 aliphatic carbocycles. The van der Waals surface area contributed by atoms with Crippen LogP contribution in [0.2, 0.25) is 0 Å². The summed E-state index contributed by atoms with van der Waals surface area (Å²) in [5, 5.41) is 10.7. The Morgan fingerprint density at radius 3 is 1.96 bits per heavy atom. The van der Waals surface area contributed by atoms with Gasteiger partial charge in [-0.2, -0.15) is 0 Å². The van der Waals surface area contributed by atoms with E-state index in [0.717, 1.165) is 10.6 Å². The van der Waals surface area contributed by atoms with Crippen LogP contribution in [0.1, 0.15) is 12.8 Å². The van der Waals surface area contributed by atoms with Gasteiger partial charge in [0.15, 0.2) is 0 Å². The molecule has 2 atom stereocenters. The maximum atomic E-state index is 14.1. The summed E-state index contributed by atoms with van der Waals surface area (Å²) in [6, 6.07) is 19.1. The van der Waals surface area contributed by atoms with Crippen molar-refractivity contribution in [2.45, 2.75) is 18.5 Å². The Bertz CT molecular complexity index is 709. The third-order valence-corrected chi connectivity index (χ3v) is 7.78. The first-order chi connectivity index (χ1) is 11.1. The first-order valence-electron chi connectivity index (χ1n) is 7.72. The highest BCUT2D eigenvalue weighted by Gasteiger charge is 2.38. The van der Waals surface area contributed by atoms with Gasteiger partial charge in [-0.3, -0.25) is 4.79 Å². The molecule has 0 saturated heterocycles. The zero-order valence-corrected chi connectivity index (χ0v) is 13.6. The number of benzene rings is 2. The van der Waals surface area contributed by atoms with Crippen molar-refractivity contribution in [1.29, 1.82) is 0 Å². The largest absolute Gasteiger partial charge is 0.481 e. The highest BCUT2D eigenvalue weighted by molar-refractivity contribution is 7.79. The lowest BCUT2D eigenvalue weighted by atomic mass is 10.1. The van der Waals surface area contributed by atoms with E-state index in [1.807, 2.05) is 72.8 Å². The quantitative estimate of drug-likeness (QED) is 0.676. The van der Waals surface area contributed by atoms with Crippen LogP contribution in [0.25, 0.3) is 0 Å². The third-order valence-electron chi connectivity index (χ3n) is 4.33. The van der Waals surface area contributed by atoms with Gasteiger partial charge in [0, 0.05) is 16.3 Å². The van der Waals surface area contributed by atoms with Crippen LogP contribution in [0.4, 0.5) is 0 Å². The van der Waals surface area contributed by atoms with Crippen LogP contribution in [-0.2, 0) is 9.36 Å². The fourth-order valence-corrected chi connectivity index (χ4v) is 6.43. The van der Waals surface area contributed by atoms with Gasteiger partial charge < -0.3 is 9.67 Å². The van der Waals surface area contributed by atoms with E-state index in [1.54, 1.807) is 0 Å². The number of aliphatic carboxylic acids is 1. The minimum absolute atomic E-state index is 0.0433. The second-order valence-corrected chi connectivity index (χ2v) is 8.89. The van der Waals surface area contributed by atoms with E-state index in [2.05, 4.69) is 0 Å². The number of carbonyl (C=O) groups is 1. The van der Waals surface area contributed by atoms with Gasteiger partial charge in [0.25, 0.3) is 0 Å². The molecule has 1 N–H and O–H groups in total. The predicted molar refractivity (Wildman–Crippen MR) is 93.0 cm³/mol. The van der Waals surface area contributed by atoms with E-state index in [0.29, 0.717) is 6.42 Å². The van der Waals surface area contributed by atoms with Gasteiger partial charge in [-0.25, -0.2) is 0 Å². The van der Waals surface area contributed by atoms with Gasteiger partial charge in [0.05, 0.1) is 6.42 Å². The summed E-state index contributed by atoms with van der Waals surface area (Å²) in [4.78, 5) is 10.9. The van der Waals surface area contributed by atoms with E-state index < -0.39 is 13.1 Å². The van der Waals surface area contributed by atoms with Crippen molar-refractivity contribution < 1.29 is 14.5 Å². The predicted octanol–water partition coefficient (Wildman–Crippen LogP) is 3.42. The van der Waals surface area contributed by atoms with Gasteiger partial charge in [-0.15, -0.1) is 0 Å². The Morgan fingerprint density at radius 2 is 1.48 bits per heavy atom. The number of carboxylic acid groups (broad SMARTS) is 1. The fourth-order valence-electron chi connectivity index (χ4n) is 3.23. The molecule has 2 aromatic carbocycles. The van der Waals surface area contributed by atoms with Crippen LogP contribution in [-0.4, -0.2) is 16.7 Å². The van der Waals surface area contributed by atoms with Gasteiger partial charge in [0.1, 0.15) is 7.14 Å². The molecule has 2 unspecified atom stereocenters. The van der Waals surface area contributed by atoms with Crippen molar-refractivity contribution in [3.63, 3.8) is 0 Å². The fraction of sp³-hybridized carbons (Fsp3) is 0.211. The summed E-state index contributed by atoms with van der Waals surface area (Å²) in [6.07, 6.45) is 4.58. The molecule has 0 amide bonds. The number of carboxylic acids is 1. The summed E-state index contributed by atoms with van der Waals surface area (Å²) >= 11 is 0. The smallest absolute Gasteiger partial charge is 0.303 e. The molecule has 118 valence electrons. The Hall–Kier alpha value is -2.12. The summed E-state index contributed by atoms with van der Waals surface area (Å²) in [6.45, 7) is 0. The normalized spacial score (nSPS) is 20.5. The van der Waals surface area contributed by atoms with Crippen molar-refractivity contribution >= 4 is 23.7 Å². The van der Waals surface area contributed by atoms with Crippen LogP contribution in [0.5, 0.6) is 0 Å². The molecule has 0 aromatic heterocycles. The Morgan fingerprint density at radius 1 is 0.957 bits per heavy atom. The zero-order valence-electron chi connectivity index (χ0n) is 12.7. The Balaban J connectivity index is 2.00. The Kier molecular flexibility index (Phi) is 4.49. The molecule has 4 heteroatoms. The van der Waals surface area contributed by atoms with Crippen LogP contribution in [0, 0.1) is 5.92 Å². The molecule has 0 aliphatic heterocycles. The second kappa shape index (κ2) is 6.55. The molecule has 0 bridgehead atoms. The summed E-state index contributed by atoms with van der Waals surface area (Å²) in [7, 11) is -2.83. The SMILES string of the molecule is O=C(O)CC1C=CC(P(=O)(c2ccccc2)c2ccccc2)C1. The first kappa shape index (κ1) is 15.8. The van der Waals surface area contributed by atoms with Gasteiger partial charge in [-0.1, -0.05) is 72.8 Å². The molecule has 0 radical (unpaired) electrons. The van der Waals surface area contributed by atoms with E-state index in [9.17, 15) is 9.36 Å². The highest BCUT2D eigenvalue weighted by Crippen LogP contribution is 2.53. The summed E-state index contributed by atoms with van der Waals surface area (Å²) in [5.74, 6) is -0.854. The van der Waals surface area contributed by atoms with E-state index >= 15 is 0 Å². The molecule has 0 spiro atoms. The van der Waals surface area contributed by atoms with Crippen molar-refractivity contribution in [3.8, 4) is 0 Å². The van der Waals surface area contributed by atoms with Crippen LogP contribution in [0.3, 0.4) is 0 Å². The zero-order chi connectivity index (χ0) is 16.3. The van der Waals surface area contributed by atoms with Crippen molar-refractivity contribution in [2.75, 3.05) is 0 Å². The molecule has 2 aromatic rings. The molecule has 0 heterocycles. The lowest BCUT2D eigenvalue weighted by Gasteiger charge is -2.25. The molecule has 23 heavy (non-hydrogen) atoms. The average Bonchev–Trinajstić information content (AvgIpc) is 3.04. The van der Waals surface area contributed by atoms with Crippen molar-refractivity contribution in [1.82, 2.24) is 0 Å². The first-order valence-corrected chi connectivity index (χ1v) is 9.49. The number of allylic oxidation sites excluding steroid dienone is 2. The summed E-state index contributed by atoms with van der Waals surface area (Å²) in [5.41, 5.74) is -0.142.